The van der Waals surface area contributed by atoms with Gasteiger partial charge in [-0.2, -0.15) is 0 Å². The van der Waals surface area contributed by atoms with Gasteiger partial charge in [-0.25, -0.2) is 0 Å². The minimum Gasteiger partial charge on any atom is -0.311 e. The summed E-state index contributed by atoms with van der Waals surface area (Å²) in [5, 5.41) is 3.70. The zero-order valence-electron chi connectivity index (χ0n) is 11.4. The Morgan fingerprint density at radius 3 is 2.89 bits per heavy atom. The van der Waals surface area contributed by atoms with Crippen molar-refractivity contribution in [1.29, 1.82) is 0 Å². The predicted molar refractivity (Wildman–Crippen MR) is 73.4 cm³/mol. The molecule has 2 aliphatic rings. The van der Waals surface area contributed by atoms with E-state index in [0.717, 1.165) is 30.7 Å². The van der Waals surface area contributed by atoms with Crippen LogP contribution in [0.25, 0.3) is 0 Å². The second-order valence-electron chi connectivity index (χ2n) is 5.94. The van der Waals surface area contributed by atoms with Crippen molar-refractivity contribution in [3.8, 4) is 0 Å². The first-order chi connectivity index (χ1) is 8.72. The van der Waals surface area contributed by atoms with E-state index in [1.807, 2.05) is 13.1 Å². The van der Waals surface area contributed by atoms with Gasteiger partial charge in [0, 0.05) is 43.6 Å². The fourth-order valence-corrected chi connectivity index (χ4v) is 2.81. The van der Waals surface area contributed by atoms with Crippen LogP contribution in [-0.4, -0.2) is 35.1 Å². The Kier molecular flexibility index (Phi) is 3.35. The van der Waals surface area contributed by atoms with Gasteiger partial charge in [-0.3, -0.25) is 9.88 Å². The van der Waals surface area contributed by atoms with Crippen LogP contribution in [0.2, 0.25) is 0 Å². The molecule has 1 N–H and O–H groups in total. The maximum atomic E-state index is 4.39. The van der Waals surface area contributed by atoms with Crippen molar-refractivity contribution >= 4 is 0 Å². The Balaban J connectivity index is 1.64. The molecule has 0 radical (unpaired) electrons. The van der Waals surface area contributed by atoms with Crippen molar-refractivity contribution in [3.63, 3.8) is 0 Å². The van der Waals surface area contributed by atoms with E-state index >= 15 is 0 Å². The third kappa shape index (κ3) is 2.73. The molecule has 3 rings (SSSR count). The van der Waals surface area contributed by atoms with Gasteiger partial charge in [-0.05, 0) is 44.2 Å². The molecule has 98 valence electrons. The van der Waals surface area contributed by atoms with Crippen LogP contribution < -0.4 is 5.32 Å². The summed E-state index contributed by atoms with van der Waals surface area (Å²) in [7, 11) is 0. The molecule has 1 aliphatic heterocycles. The molecule has 2 fully saturated rings. The molecule has 1 saturated carbocycles. The third-order valence-corrected chi connectivity index (χ3v) is 4.28. The van der Waals surface area contributed by atoms with Crippen LogP contribution >= 0.6 is 0 Å². The van der Waals surface area contributed by atoms with Gasteiger partial charge in [0.25, 0.3) is 0 Å². The smallest absolute Gasteiger partial charge is 0.0372 e. The first-order valence-corrected chi connectivity index (χ1v) is 7.11. The fraction of sp³-hybridized carbons (Fsp3) is 0.667. The van der Waals surface area contributed by atoms with Crippen molar-refractivity contribution in [3.05, 3.63) is 29.6 Å². The topological polar surface area (TPSA) is 28.2 Å². The lowest BCUT2D eigenvalue weighted by Gasteiger charge is -2.39. The van der Waals surface area contributed by atoms with E-state index in [-0.39, 0.29) is 0 Å². The molecule has 1 aromatic rings. The second kappa shape index (κ2) is 4.98. The lowest BCUT2D eigenvalue weighted by Crippen LogP contribution is -2.55. The lowest BCUT2D eigenvalue weighted by atomic mass is 10.1. The van der Waals surface area contributed by atoms with Gasteiger partial charge in [-0.15, -0.1) is 0 Å². The fourth-order valence-electron chi connectivity index (χ4n) is 2.81. The van der Waals surface area contributed by atoms with Gasteiger partial charge < -0.3 is 5.32 Å². The maximum Gasteiger partial charge on any atom is 0.0372 e. The van der Waals surface area contributed by atoms with Crippen LogP contribution in [0.1, 0.15) is 31.0 Å². The summed E-state index contributed by atoms with van der Waals surface area (Å²) in [6, 6.07) is 5.67. The summed E-state index contributed by atoms with van der Waals surface area (Å²) in [6.07, 6.45) is 4.87. The van der Waals surface area contributed by atoms with Crippen molar-refractivity contribution in [2.24, 2.45) is 5.92 Å². The monoisotopic (exact) mass is 245 g/mol. The van der Waals surface area contributed by atoms with Gasteiger partial charge in [-0.1, -0.05) is 6.07 Å². The van der Waals surface area contributed by atoms with Crippen molar-refractivity contribution in [1.82, 2.24) is 15.2 Å². The van der Waals surface area contributed by atoms with E-state index < -0.39 is 0 Å². The number of hydrogen-bond acceptors (Lipinski definition) is 3. The highest BCUT2D eigenvalue weighted by Gasteiger charge is 2.35. The summed E-state index contributed by atoms with van der Waals surface area (Å²) >= 11 is 0. The van der Waals surface area contributed by atoms with Crippen molar-refractivity contribution < 1.29 is 0 Å². The molecular formula is C15H23N3. The average Bonchev–Trinajstić information content (AvgIpc) is 3.19. The van der Waals surface area contributed by atoms with Crippen LogP contribution in [0.5, 0.6) is 0 Å². The van der Waals surface area contributed by atoms with E-state index in [9.17, 15) is 0 Å². The molecule has 0 aromatic carbocycles. The molecule has 0 bridgehead atoms. The number of hydrogen-bond donors (Lipinski definition) is 1. The molecular weight excluding hydrogens is 222 g/mol. The normalized spacial score (nSPS) is 29.4. The zero-order chi connectivity index (χ0) is 12.5. The first-order valence-electron chi connectivity index (χ1n) is 7.11. The summed E-state index contributed by atoms with van der Waals surface area (Å²) in [5.41, 5.74) is 2.44. The highest BCUT2D eigenvalue weighted by molar-refractivity contribution is 5.13. The Morgan fingerprint density at radius 1 is 1.39 bits per heavy atom. The van der Waals surface area contributed by atoms with E-state index in [1.165, 1.54) is 24.9 Å². The van der Waals surface area contributed by atoms with Gasteiger partial charge in [0.1, 0.15) is 0 Å². The number of rotatable bonds is 3. The number of aromatic nitrogens is 1. The number of pyridine rings is 1. The highest BCUT2D eigenvalue weighted by Crippen LogP contribution is 2.34. The zero-order valence-corrected chi connectivity index (χ0v) is 11.4. The standard InChI is InChI=1S/C15H23N3/c1-11-3-4-13(8-16-11)9-18-10-15(14-5-6-14)17-7-12(18)2/h3-4,8,12,14-15,17H,5-7,9-10H2,1-2H3. The SMILES string of the molecule is Cc1ccc(CN2CC(C3CC3)NCC2C)cn1. The Labute approximate surface area is 110 Å². The minimum atomic E-state index is 0.626. The van der Waals surface area contributed by atoms with E-state index in [4.69, 9.17) is 0 Å². The van der Waals surface area contributed by atoms with Crippen LogP contribution in [0, 0.1) is 12.8 Å². The molecule has 1 aliphatic carbocycles. The van der Waals surface area contributed by atoms with Crippen LogP contribution in [0.3, 0.4) is 0 Å². The van der Waals surface area contributed by atoms with E-state index in [1.54, 1.807) is 0 Å². The number of nitrogens with zero attached hydrogens (tertiary/aromatic N) is 2. The van der Waals surface area contributed by atoms with Gasteiger partial charge in [0.05, 0.1) is 0 Å². The third-order valence-electron chi connectivity index (χ3n) is 4.28. The molecule has 2 unspecified atom stereocenters. The largest absolute Gasteiger partial charge is 0.311 e. The van der Waals surface area contributed by atoms with Crippen molar-refractivity contribution in [2.45, 2.75) is 45.3 Å². The summed E-state index contributed by atoms with van der Waals surface area (Å²) in [6.45, 7) is 7.72. The number of piperazine rings is 1. The van der Waals surface area contributed by atoms with E-state index in [0.29, 0.717) is 6.04 Å². The highest BCUT2D eigenvalue weighted by atomic mass is 15.2. The Bertz CT molecular complexity index is 397. The molecule has 2 atom stereocenters. The minimum absolute atomic E-state index is 0.626. The molecule has 1 saturated heterocycles. The molecule has 2 heterocycles. The molecule has 3 nitrogen and oxygen atoms in total. The molecule has 1 aromatic heterocycles. The van der Waals surface area contributed by atoms with Crippen molar-refractivity contribution in [2.75, 3.05) is 13.1 Å². The van der Waals surface area contributed by atoms with Gasteiger partial charge in [0.2, 0.25) is 0 Å². The van der Waals surface area contributed by atoms with Crippen LogP contribution in [0.15, 0.2) is 18.3 Å². The van der Waals surface area contributed by atoms with Crippen LogP contribution in [0.4, 0.5) is 0 Å². The van der Waals surface area contributed by atoms with E-state index in [2.05, 4.69) is 34.3 Å². The molecule has 0 amide bonds. The first kappa shape index (κ1) is 12.1. The Morgan fingerprint density at radius 2 is 2.22 bits per heavy atom. The second-order valence-corrected chi connectivity index (χ2v) is 5.94. The average molecular weight is 245 g/mol. The summed E-state index contributed by atoms with van der Waals surface area (Å²) in [5.74, 6) is 0.941. The van der Waals surface area contributed by atoms with Gasteiger partial charge in [0.15, 0.2) is 0 Å². The summed E-state index contributed by atoms with van der Waals surface area (Å²) in [4.78, 5) is 7.00. The summed E-state index contributed by atoms with van der Waals surface area (Å²) < 4.78 is 0. The number of nitrogens with one attached hydrogen (secondary N) is 1. The maximum absolute atomic E-state index is 4.39. The van der Waals surface area contributed by atoms with Crippen LogP contribution in [-0.2, 0) is 6.54 Å². The lowest BCUT2D eigenvalue weighted by molar-refractivity contribution is 0.125. The quantitative estimate of drug-likeness (QED) is 0.882. The van der Waals surface area contributed by atoms with Gasteiger partial charge >= 0.3 is 0 Å². The number of aryl methyl sites for hydroxylation is 1. The molecule has 0 spiro atoms. The Hall–Kier alpha value is -0.930. The molecule has 18 heavy (non-hydrogen) atoms. The molecule has 3 heteroatoms. The predicted octanol–water partition coefficient (Wildman–Crippen LogP) is 1.96.